The summed E-state index contributed by atoms with van der Waals surface area (Å²) in [5.74, 6) is 0.0975. The summed E-state index contributed by atoms with van der Waals surface area (Å²) in [6.45, 7) is 2.04. The maximum Gasteiger partial charge on any atom is 0.311 e. The average Bonchev–Trinajstić information content (AvgIpc) is 2.50. The molecule has 0 aromatic heterocycles. The molecule has 6 heteroatoms. The van der Waals surface area contributed by atoms with Crippen molar-refractivity contribution < 1.29 is 17.9 Å². The molecule has 2 aromatic rings. The van der Waals surface area contributed by atoms with Gasteiger partial charge in [0.25, 0.3) is 0 Å². The molecular weight excluding hydrogens is 326 g/mol. The number of carbonyl (C=O) groups is 1. The lowest BCUT2D eigenvalue weighted by atomic mass is 10.1. The molecule has 0 radical (unpaired) electrons. The largest absolute Gasteiger partial charge is 0.427 e. The standard InChI is InChI=1S/C18H21NO4S/c1-14-6-8-15(9-7-14)4-3-5-18(20)23-17-12-10-16(11-13-17)19-24(2,21)22/h6-13,19H,3-5H2,1-2H3. The zero-order valence-electron chi connectivity index (χ0n) is 13.8. The van der Waals surface area contributed by atoms with Gasteiger partial charge in [0.2, 0.25) is 10.0 Å². The van der Waals surface area contributed by atoms with Crippen molar-refractivity contribution in [3.05, 3.63) is 59.7 Å². The highest BCUT2D eigenvalue weighted by molar-refractivity contribution is 7.92. The van der Waals surface area contributed by atoms with Crippen molar-refractivity contribution >= 4 is 21.7 Å². The SMILES string of the molecule is Cc1ccc(CCCC(=O)Oc2ccc(NS(C)(=O)=O)cc2)cc1. The van der Waals surface area contributed by atoms with Crippen LogP contribution in [-0.4, -0.2) is 20.6 Å². The lowest BCUT2D eigenvalue weighted by Crippen LogP contribution is -2.10. The molecule has 0 unspecified atom stereocenters. The van der Waals surface area contributed by atoms with Crippen molar-refractivity contribution in [3.63, 3.8) is 0 Å². The molecule has 0 heterocycles. The molecule has 0 aliphatic carbocycles. The molecule has 0 bridgehead atoms. The summed E-state index contributed by atoms with van der Waals surface area (Å²) >= 11 is 0. The highest BCUT2D eigenvalue weighted by atomic mass is 32.2. The van der Waals surface area contributed by atoms with Crippen LogP contribution in [0.25, 0.3) is 0 Å². The Labute approximate surface area is 142 Å². The molecule has 0 aliphatic rings. The third kappa shape index (κ3) is 6.42. The van der Waals surface area contributed by atoms with Crippen LogP contribution in [0.4, 0.5) is 5.69 Å². The molecule has 128 valence electrons. The van der Waals surface area contributed by atoms with Crippen molar-refractivity contribution in [1.82, 2.24) is 0 Å². The number of ether oxygens (including phenoxy) is 1. The van der Waals surface area contributed by atoms with Crippen molar-refractivity contribution in [1.29, 1.82) is 0 Å². The number of sulfonamides is 1. The average molecular weight is 347 g/mol. The minimum absolute atomic E-state index is 0.300. The molecule has 0 amide bonds. The number of hydrogen-bond donors (Lipinski definition) is 1. The minimum atomic E-state index is -3.31. The first-order chi connectivity index (χ1) is 11.3. The van der Waals surface area contributed by atoms with E-state index in [1.807, 2.05) is 6.92 Å². The van der Waals surface area contributed by atoms with Gasteiger partial charge in [-0.2, -0.15) is 0 Å². The fraction of sp³-hybridized carbons (Fsp3) is 0.278. The summed E-state index contributed by atoms with van der Waals surface area (Å²) in [7, 11) is -3.31. The van der Waals surface area contributed by atoms with E-state index >= 15 is 0 Å². The van der Waals surface area contributed by atoms with Gasteiger partial charge in [0.05, 0.1) is 6.26 Å². The Kier molecular flexibility index (Phi) is 5.98. The smallest absolute Gasteiger partial charge is 0.311 e. The molecule has 0 aliphatic heterocycles. The van der Waals surface area contributed by atoms with Gasteiger partial charge in [-0.05, 0) is 49.6 Å². The van der Waals surface area contributed by atoms with Crippen LogP contribution in [0.15, 0.2) is 48.5 Å². The van der Waals surface area contributed by atoms with Gasteiger partial charge in [-0.25, -0.2) is 8.42 Å². The fourth-order valence-electron chi connectivity index (χ4n) is 2.18. The third-order valence-corrected chi connectivity index (χ3v) is 3.96. The van der Waals surface area contributed by atoms with Gasteiger partial charge in [-0.1, -0.05) is 29.8 Å². The van der Waals surface area contributed by atoms with E-state index in [0.29, 0.717) is 17.9 Å². The summed E-state index contributed by atoms with van der Waals surface area (Å²) in [4.78, 5) is 11.8. The number of aryl methyl sites for hydroxylation is 2. The molecular formula is C18H21NO4S. The van der Waals surface area contributed by atoms with Crippen LogP contribution >= 0.6 is 0 Å². The van der Waals surface area contributed by atoms with E-state index in [2.05, 4.69) is 29.0 Å². The molecule has 0 fully saturated rings. The van der Waals surface area contributed by atoms with Crippen LogP contribution in [-0.2, 0) is 21.2 Å². The monoisotopic (exact) mass is 347 g/mol. The van der Waals surface area contributed by atoms with Crippen LogP contribution in [0.2, 0.25) is 0 Å². The number of nitrogens with one attached hydrogen (secondary N) is 1. The Bertz CT molecular complexity index is 781. The van der Waals surface area contributed by atoms with E-state index in [0.717, 1.165) is 19.1 Å². The van der Waals surface area contributed by atoms with Gasteiger partial charge < -0.3 is 4.74 Å². The minimum Gasteiger partial charge on any atom is -0.427 e. The lowest BCUT2D eigenvalue weighted by Gasteiger charge is -2.07. The van der Waals surface area contributed by atoms with Gasteiger partial charge in [-0.3, -0.25) is 9.52 Å². The van der Waals surface area contributed by atoms with Gasteiger partial charge in [0, 0.05) is 12.1 Å². The van der Waals surface area contributed by atoms with E-state index in [-0.39, 0.29) is 5.97 Å². The summed E-state index contributed by atoms with van der Waals surface area (Å²) in [5, 5.41) is 0. The van der Waals surface area contributed by atoms with Gasteiger partial charge in [0.1, 0.15) is 5.75 Å². The zero-order chi connectivity index (χ0) is 17.6. The maximum atomic E-state index is 11.8. The van der Waals surface area contributed by atoms with Crippen LogP contribution < -0.4 is 9.46 Å². The number of hydrogen-bond acceptors (Lipinski definition) is 4. The van der Waals surface area contributed by atoms with E-state index < -0.39 is 10.0 Å². The number of carbonyl (C=O) groups excluding carboxylic acids is 1. The Balaban J connectivity index is 1.78. The third-order valence-electron chi connectivity index (χ3n) is 3.36. The number of anilines is 1. The van der Waals surface area contributed by atoms with Crippen molar-refractivity contribution in [3.8, 4) is 5.75 Å². The molecule has 2 rings (SSSR count). The van der Waals surface area contributed by atoms with Crippen LogP contribution in [0.1, 0.15) is 24.0 Å². The fourth-order valence-corrected chi connectivity index (χ4v) is 2.74. The van der Waals surface area contributed by atoms with E-state index in [4.69, 9.17) is 4.74 Å². The molecule has 2 aromatic carbocycles. The van der Waals surface area contributed by atoms with E-state index in [1.54, 1.807) is 24.3 Å². The lowest BCUT2D eigenvalue weighted by molar-refractivity contribution is -0.134. The molecule has 24 heavy (non-hydrogen) atoms. The summed E-state index contributed by atoms with van der Waals surface area (Å²) in [6, 6.07) is 14.5. The quantitative estimate of drug-likeness (QED) is 0.616. The summed E-state index contributed by atoms with van der Waals surface area (Å²) in [5.41, 5.74) is 2.84. The highest BCUT2D eigenvalue weighted by Gasteiger charge is 2.06. The first-order valence-corrected chi connectivity index (χ1v) is 9.55. The zero-order valence-corrected chi connectivity index (χ0v) is 14.6. The molecule has 1 N–H and O–H groups in total. The number of benzene rings is 2. The van der Waals surface area contributed by atoms with E-state index in [9.17, 15) is 13.2 Å². The highest BCUT2D eigenvalue weighted by Crippen LogP contribution is 2.17. The Morgan fingerprint density at radius 3 is 2.25 bits per heavy atom. The van der Waals surface area contributed by atoms with Gasteiger partial charge in [-0.15, -0.1) is 0 Å². The normalized spacial score (nSPS) is 11.1. The molecule has 0 spiro atoms. The van der Waals surface area contributed by atoms with Gasteiger partial charge in [0.15, 0.2) is 0 Å². The first kappa shape index (κ1) is 18.0. The summed E-state index contributed by atoms with van der Waals surface area (Å²) < 4.78 is 29.8. The topological polar surface area (TPSA) is 72.5 Å². The number of rotatable bonds is 7. The molecule has 0 atom stereocenters. The number of esters is 1. The van der Waals surface area contributed by atoms with Crippen molar-refractivity contribution in [2.24, 2.45) is 0 Å². The first-order valence-electron chi connectivity index (χ1n) is 7.66. The van der Waals surface area contributed by atoms with Crippen LogP contribution in [0.3, 0.4) is 0 Å². The van der Waals surface area contributed by atoms with Crippen molar-refractivity contribution in [2.45, 2.75) is 26.2 Å². The van der Waals surface area contributed by atoms with Crippen LogP contribution in [0.5, 0.6) is 5.75 Å². The second kappa shape index (κ2) is 7.97. The predicted molar refractivity (Wildman–Crippen MR) is 94.7 cm³/mol. The summed E-state index contributed by atoms with van der Waals surface area (Å²) in [6.07, 6.45) is 2.95. The second-order valence-electron chi connectivity index (χ2n) is 5.71. The Morgan fingerprint density at radius 2 is 1.67 bits per heavy atom. The Hall–Kier alpha value is -2.34. The van der Waals surface area contributed by atoms with Crippen LogP contribution in [0, 0.1) is 6.92 Å². The van der Waals surface area contributed by atoms with Crippen molar-refractivity contribution in [2.75, 3.05) is 11.0 Å². The van der Waals surface area contributed by atoms with E-state index in [1.165, 1.54) is 11.1 Å². The Morgan fingerprint density at radius 1 is 1.04 bits per heavy atom. The molecule has 0 saturated carbocycles. The maximum absolute atomic E-state index is 11.8. The predicted octanol–water partition coefficient (Wildman–Crippen LogP) is 3.29. The molecule has 0 saturated heterocycles. The second-order valence-corrected chi connectivity index (χ2v) is 7.46. The van der Waals surface area contributed by atoms with Gasteiger partial charge >= 0.3 is 5.97 Å². The molecule has 5 nitrogen and oxygen atoms in total.